The Morgan fingerprint density at radius 3 is 1.93 bits per heavy atom. The molecule has 41 heavy (non-hydrogen) atoms. The molecule has 0 amide bonds. The van der Waals surface area contributed by atoms with Gasteiger partial charge in [-0.25, -0.2) is 14.4 Å². The van der Waals surface area contributed by atoms with Crippen LogP contribution in [-0.2, 0) is 12.8 Å². The lowest BCUT2D eigenvalue weighted by Crippen LogP contribution is -2.49. The Morgan fingerprint density at radius 2 is 1.37 bits per heavy atom. The van der Waals surface area contributed by atoms with Gasteiger partial charge in [-0.05, 0) is 68.4 Å². The van der Waals surface area contributed by atoms with E-state index < -0.39 is 5.82 Å². The highest BCUT2D eigenvalue weighted by molar-refractivity contribution is 6.56. The van der Waals surface area contributed by atoms with Crippen LogP contribution in [0.2, 0.25) is 25.1 Å². The summed E-state index contributed by atoms with van der Waals surface area (Å²) in [5, 5.41) is 0.362. The monoisotopic (exact) mass is 654 g/mol. The fourth-order valence-corrected chi connectivity index (χ4v) is 6.38. The van der Waals surface area contributed by atoms with Crippen LogP contribution in [0, 0.1) is 19.7 Å². The van der Waals surface area contributed by atoms with E-state index in [9.17, 15) is 0 Å². The van der Waals surface area contributed by atoms with Gasteiger partial charge in [-0.2, -0.15) is 0 Å². The van der Waals surface area contributed by atoms with Crippen LogP contribution < -0.4 is 0 Å². The zero-order valence-electron chi connectivity index (χ0n) is 23.7. The number of rotatable bonds is 5. The molecule has 1 aliphatic rings. The second kappa shape index (κ2) is 13.5. The molecule has 10 heteroatoms. The number of halogens is 6. The standard InChI is InChI=1S/C31H32Cl5FN4/c1-6-20-10-8-11-21(7-2)30(20)38-19(5)40-12-9-13-41(16-40)31(39-29-18(4)14-17(3)15-22(29)37)23-24(32)26(34)28(36)27(35)25(23)33/h8,10-11,14-15H,6-7,9,12-13,16H2,1-5H3. The smallest absolute Gasteiger partial charge is 0.149 e. The van der Waals surface area contributed by atoms with Crippen molar-refractivity contribution in [3.8, 4) is 0 Å². The van der Waals surface area contributed by atoms with Crippen molar-refractivity contribution >= 4 is 81.1 Å². The summed E-state index contributed by atoms with van der Waals surface area (Å²) in [4.78, 5) is 14.1. The number of hydrogen-bond acceptors (Lipinski definition) is 2. The first kappa shape index (κ1) is 31.9. The van der Waals surface area contributed by atoms with Gasteiger partial charge in [0, 0.05) is 13.1 Å². The molecule has 1 saturated heterocycles. The summed E-state index contributed by atoms with van der Waals surface area (Å²) >= 11 is 32.7. The molecule has 3 aromatic rings. The summed E-state index contributed by atoms with van der Waals surface area (Å²) in [5.41, 5.74) is 5.38. The van der Waals surface area contributed by atoms with Gasteiger partial charge < -0.3 is 9.80 Å². The van der Waals surface area contributed by atoms with E-state index in [0.29, 0.717) is 30.2 Å². The van der Waals surface area contributed by atoms with Crippen LogP contribution in [0.4, 0.5) is 15.8 Å². The minimum Gasteiger partial charge on any atom is -0.342 e. The average molecular weight is 657 g/mol. The second-order valence-electron chi connectivity index (χ2n) is 10.1. The molecule has 4 rings (SSSR count). The molecular weight excluding hydrogens is 625 g/mol. The van der Waals surface area contributed by atoms with Gasteiger partial charge in [-0.15, -0.1) is 0 Å². The first-order chi connectivity index (χ1) is 19.5. The van der Waals surface area contributed by atoms with E-state index in [0.717, 1.165) is 42.9 Å². The van der Waals surface area contributed by atoms with E-state index in [1.807, 2.05) is 31.7 Å². The number of hydrogen-bond donors (Lipinski definition) is 0. The Bertz CT molecular complexity index is 1460. The first-order valence-corrected chi connectivity index (χ1v) is 15.4. The third-order valence-corrected chi connectivity index (χ3v) is 9.52. The number of amidine groups is 2. The molecule has 1 aliphatic heterocycles. The molecule has 1 heterocycles. The summed E-state index contributed by atoms with van der Waals surface area (Å²) < 4.78 is 15.3. The second-order valence-corrected chi connectivity index (χ2v) is 12.0. The van der Waals surface area contributed by atoms with Gasteiger partial charge in [0.1, 0.15) is 23.2 Å². The van der Waals surface area contributed by atoms with Crippen molar-refractivity contribution in [1.82, 2.24) is 9.80 Å². The lowest BCUT2D eigenvalue weighted by Gasteiger charge is -2.39. The minimum atomic E-state index is -0.451. The van der Waals surface area contributed by atoms with Crippen LogP contribution in [0.15, 0.2) is 40.3 Å². The molecule has 3 aromatic carbocycles. The summed E-state index contributed by atoms with van der Waals surface area (Å²) in [6.45, 7) is 11.7. The molecule has 218 valence electrons. The van der Waals surface area contributed by atoms with E-state index >= 15 is 4.39 Å². The molecule has 0 spiro atoms. The highest BCUT2D eigenvalue weighted by Crippen LogP contribution is 2.45. The van der Waals surface area contributed by atoms with E-state index in [4.69, 9.17) is 68.0 Å². The largest absolute Gasteiger partial charge is 0.342 e. The Morgan fingerprint density at radius 1 is 0.805 bits per heavy atom. The van der Waals surface area contributed by atoms with Gasteiger partial charge in [0.05, 0.1) is 43.0 Å². The number of aliphatic imine (C=N–C) groups is 2. The third kappa shape index (κ3) is 6.65. The van der Waals surface area contributed by atoms with Gasteiger partial charge in [-0.3, -0.25) is 0 Å². The van der Waals surface area contributed by atoms with Gasteiger partial charge in [0.25, 0.3) is 0 Å². The van der Waals surface area contributed by atoms with Crippen molar-refractivity contribution < 1.29 is 4.39 Å². The number of benzene rings is 3. The van der Waals surface area contributed by atoms with Crippen molar-refractivity contribution in [3.05, 3.63) is 89.1 Å². The van der Waals surface area contributed by atoms with Crippen molar-refractivity contribution in [2.75, 3.05) is 19.8 Å². The van der Waals surface area contributed by atoms with Crippen LogP contribution in [0.5, 0.6) is 0 Å². The fraction of sp³-hybridized carbons (Fsp3) is 0.355. The summed E-state index contributed by atoms with van der Waals surface area (Å²) in [5.74, 6) is 0.770. The SMILES string of the molecule is CCc1cccc(CC)c1N=C(C)N1CCCN(C(=Nc2c(C)cc(C)cc2F)c2c(Cl)c(Cl)c(Cl)c(Cl)c2Cl)C1. The Balaban J connectivity index is 1.85. The van der Waals surface area contributed by atoms with E-state index in [1.165, 1.54) is 17.2 Å². The summed E-state index contributed by atoms with van der Waals surface area (Å²) in [6.07, 6.45) is 2.57. The van der Waals surface area contributed by atoms with E-state index in [1.54, 1.807) is 0 Å². The Labute approximate surface area is 266 Å². The number of aryl methyl sites for hydroxylation is 4. The topological polar surface area (TPSA) is 31.2 Å². The van der Waals surface area contributed by atoms with Gasteiger partial charge in [0.2, 0.25) is 0 Å². The van der Waals surface area contributed by atoms with Crippen molar-refractivity contribution in [2.45, 2.75) is 53.9 Å². The van der Waals surface area contributed by atoms with Gasteiger partial charge >= 0.3 is 0 Å². The molecule has 4 nitrogen and oxygen atoms in total. The Hall–Kier alpha value is -2.02. The van der Waals surface area contributed by atoms with Crippen molar-refractivity contribution in [2.24, 2.45) is 9.98 Å². The maximum atomic E-state index is 15.3. The zero-order valence-corrected chi connectivity index (χ0v) is 27.5. The van der Waals surface area contributed by atoms with Gasteiger partial charge in [-0.1, -0.05) is 96.1 Å². The molecule has 0 aromatic heterocycles. The molecule has 0 unspecified atom stereocenters. The molecule has 0 N–H and O–H groups in total. The summed E-state index contributed by atoms with van der Waals surface area (Å²) in [7, 11) is 0. The predicted molar refractivity (Wildman–Crippen MR) is 174 cm³/mol. The molecule has 0 saturated carbocycles. The lowest BCUT2D eigenvalue weighted by atomic mass is 10.0. The van der Waals surface area contributed by atoms with Crippen molar-refractivity contribution in [1.29, 1.82) is 0 Å². The van der Waals surface area contributed by atoms with Crippen LogP contribution in [0.1, 0.15) is 55.0 Å². The molecule has 0 aliphatic carbocycles. The Kier molecular flexibility index (Phi) is 10.5. The molecule has 0 bridgehead atoms. The zero-order chi connectivity index (χ0) is 30.0. The number of para-hydroxylation sites is 1. The maximum Gasteiger partial charge on any atom is 0.149 e. The minimum absolute atomic E-state index is 0.0497. The van der Waals surface area contributed by atoms with Crippen LogP contribution in [0.25, 0.3) is 0 Å². The molecule has 0 radical (unpaired) electrons. The third-order valence-electron chi connectivity index (χ3n) is 7.24. The summed E-state index contributed by atoms with van der Waals surface area (Å²) in [6, 6.07) is 9.65. The normalized spacial score (nSPS) is 14.7. The van der Waals surface area contributed by atoms with Crippen LogP contribution in [-0.4, -0.2) is 41.2 Å². The predicted octanol–water partition coefficient (Wildman–Crippen LogP) is 10.6. The highest BCUT2D eigenvalue weighted by Gasteiger charge is 2.30. The van der Waals surface area contributed by atoms with E-state index in [-0.39, 0.29) is 30.8 Å². The quantitative estimate of drug-likeness (QED) is 0.118. The maximum absolute atomic E-state index is 15.3. The fourth-order valence-electron chi connectivity index (χ4n) is 5.07. The highest BCUT2D eigenvalue weighted by atomic mass is 35.5. The lowest BCUT2D eigenvalue weighted by molar-refractivity contribution is 0.212. The van der Waals surface area contributed by atoms with Crippen LogP contribution in [0.3, 0.4) is 0 Å². The van der Waals surface area contributed by atoms with Crippen LogP contribution >= 0.6 is 58.0 Å². The van der Waals surface area contributed by atoms with Crippen molar-refractivity contribution in [3.63, 3.8) is 0 Å². The molecular formula is C31H32Cl5FN4. The first-order valence-electron chi connectivity index (χ1n) is 13.5. The molecule has 1 fully saturated rings. The van der Waals surface area contributed by atoms with E-state index in [2.05, 4.69) is 36.9 Å². The van der Waals surface area contributed by atoms with Gasteiger partial charge in [0.15, 0.2) is 0 Å². The number of nitrogens with zero attached hydrogens (tertiary/aromatic N) is 4. The average Bonchev–Trinajstić information content (AvgIpc) is 2.96. The molecule has 0 atom stereocenters.